The Bertz CT molecular complexity index is 647. The minimum Gasteiger partial charge on any atom is -0.476 e. The molecular formula is C14H15N3O3. The number of carboxylic acids is 1. The number of carbonyl (C=O) groups is 2. The van der Waals surface area contributed by atoms with E-state index in [-0.39, 0.29) is 23.3 Å². The zero-order chi connectivity index (χ0) is 14.7. The SMILES string of the molecule is CC(C)n1cccc1C(=O)Nc1cccnc1C(=O)O. The lowest BCUT2D eigenvalue weighted by atomic mass is 10.2. The molecule has 20 heavy (non-hydrogen) atoms. The molecule has 0 aliphatic heterocycles. The zero-order valence-corrected chi connectivity index (χ0v) is 11.2. The number of carbonyl (C=O) groups excluding carboxylic acids is 1. The van der Waals surface area contributed by atoms with Crippen LogP contribution in [0.2, 0.25) is 0 Å². The molecule has 2 rings (SSSR count). The van der Waals surface area contributed by atoms with Crippen LogP contribution in [0.25, 0.3) is 0 Å². The van der Waals surface area contributed by atoms with Gasteiger partial charge in [0, 0.05) is 18.4 Å². The molecule has 2 heterocycles. The van der Waals surface area contributed by atoms with Crippen molar-refractivity contribution in [3.63, 3.8) is 0 Å². The molecule has 2 aromatic heterocycles. The van der Waals surface area contributed by atoms with Gasteiger partial charge in [0.05, 0.1) is 5.69 Å². The minimum absolute atomic E-state index is 0.138. The number of rotatable bonds is 4. The van der Waals surface area contributed by atoms with Crippen molar-refractivity contribution in [1.29, 1.82) is 0 Å². The molecule has 0 bridgehead atoms. The first-order valence-corrected chi connectivity index (χ1v) is 6.17. The summed E-state index contributed by atoms with van der Waals surface area (Å²) < 4.78 is 1.81. The maximum Gasteiger partial charge on any atom is 0.356 e. The number of anilines is 1. The largest absolute Gasteiger partial charge is 0.476 e. The fourth-order valence-corrected chi connectivity index (χ4v) is 1.90. The number of aromatic carboxylic acids is 1. The number of nitrogens with zero attached hydrogens (tertiary/aromatic N) is 2. The number of pyridine rings is 1. The molecule has 0 saturated heterocycles. The van der Waals surface area contributed by atoms with Gasteiger partial charge >= 0.3 is 5.97 Å². The predicted octanol–water partition coefficient (Wildman–Crippen LogP) is 2.41. The molecule has 0 saturated carbocycles. The molecule has 0 fully saturated rings. The summed E-state index contributed by atoms with van der Waals surface area (Å²) in [4.78, 5) is 27.0. The minimum atomic E-state index is -1.18. The summed E-state index contributed by atoms with van der Waals surface area (Å²) in [7, 11) is 0. The van der Waals surface area contributed by atoms with Gasteiger partial charge in [-0.15, -0.1) is 0 Å². The summed E-state index contributed by atoms with van der Waals surface area (Å²) in [5.74, 6) is -1.54. The molecular weight excluding hydrogens is 258 g/mol. The van der Waals surface area contributed by atoms with Gasteiger partial charge in [0.2, 0.25) is 0 Å². The second-order valence-electron chi connectivity index (χ2n) is 4.55. The summed E-state index contributed by atoms with van der Waals surface area (Å²) in [5, 5.41) is 11.6. The lowest BCUT2D eigenvalue weighted by Gasteiger charge is -2.13. The second kappa shape index (κ2) is 5.56. The Kier molecular flexibility index (Phi) is 3.84. The van der Waals surface area contributed by atoms with Gasteiger partial charge in [0.15, 0.2) is 5.69 Å². The quantitative estimate of drug-likeness (QED) is 0.896. The Morgan fingerprint density at radius 3 is 2.70 bits per heavy atom. The molecule has 0 aliphatic rings. The Hall–Kier alpha value is -2.63. The monoisotopic (exact) mass is 273 g/mol. The summed E-state index contributed by atoms with van der Waals surface area (Å²) in [6.07, 6.45) is 3.18. The smallest absolute Gasteiger partial charge is 0.356 e. The second-order valence-corrected chi connectivity index (χ2v) is 4.55. The van der Waals surface area contributed by atoms with Crippen molar-refractivity contribution in [3.05, 3.63) is 48.0 Å². The van der Waals surface area contributed by atoms with Crippen LogP contribution < -0.4 is 5.32 Å². The molecule has 0 spiro atoms. The molecule has 0 atom stereocenters. The number of hydrogen-bond acceptors (Lipinski definition) is 3. The van der Waals surface area contributed by atoms with Crippen molar-refractivity contribution in [2.24, 2.45) is 0 Å². The van der Waals surface area contributed by atoms with Crippen molar-refractivity contribution in [2.45, 2.75) is 19.9 Å². The van der Waals surface area contributed by atoms with Crippen LogP contribution in [0, 0.1) is 0 Å². The van der Waals surface area contributed by atoms with Crippen LogP contribution in [-0.4, -0.2) is 26.5 Å². The summed E-state index contributed by atoms with van der Waals surface area (Å²) in [5.41, 5.74) is 0.477. The van der Waals surface area contributed by atoms with Crippen LogP contribution in [0.5, 0.6) is 0 Å². The first-order chi connectivity index (χ1) is 9.50. The fourth-order valence-electron chi connectivity index (χ4n) is 1.90. The van der Waals surface area contributed by atoms with Crippen LogP contribution in [0.4, 0.5) is 5.69 Å². The number of aromatic nitrogens is 2. The van der Waals surface area contributed by atoms with Gasteiger partial charge in [-0.3, -0.25) is 4.79 Å². The molecule has 0 aromatic carbocycles. The van der Waals surface area contributed by atoms with E-state index in [9.17, 15) is 9.59 Å². The van der Waals surface area contributed by atoms with Crippen LogP contribution >= 0.6 is 0 Å². The van der Waals surface area contributed by atoms with Crippen molar-refractivity contribution in [2.75, 3.05) is 5.32 Å². The van der Waals surface area contributed by atoms with E-state index in [2.05, 4.69) is 10.3 Å². The van der Waals surface area contributed by atoms with E-state index in [4.69, 9.17) is 5.11 Å². The molecule has 6 nitrogen and oxygen atoms in total. The van der Waals surface area contributed by atoms with Crippen LogP contribution in [0.3, 0.4) is 0 Å². The lowest BCUT2D eigenvalue weighted by molar-refractivity contribution is 0.0691. The zero-order valence-electron chi connectivity index (χ0n) is 11.2. The molecule has 0 aliphatic carbocycles. The summed E-state index contributed by atoms with van der Waals surface area (Å²) in [6, 6.07) is 6.68. The molecule has 0 unspecified atom stereocenters. The summed E-state index contributed by atoms with van der Waals surface area (Å²) in [6.45, 7) is 3.92. The summed E-state index contributed by atoms with van der Waals surface area (Å²) >= 11 is 0. The van der Waals surface area contributed by atoms with Gasteiger partial charge in [-0.2, -0.15) is 0 Å². The van der Waals surface area contributed by atoms with Crippen molar-refractivity contribution in [3.8, 4) is 0 Å². The third-order valence-electron chi connectivity index (χ3n) is 2.83. The van der Waals surface area contributed by atoms with E-state index >= 15 is 0 Å². The van der Waals surface area contributed by atoms with E-state index in [1.165, 1.54) is 12.3 Å². The maximum atomic E-state index is 12.2. The first kappa shape index (κ1) is 13.8. The highest BCUT2D eigenvalue weighted by atomic mass is 16.4. The fraction of sp³-hybridized carbons (Fsp3) is 0.214. The molecule has 2 aromatic rings. The van der Waals surface area contributed by atoms with Gasteiger partial charge in [0.1, 0.15) is 5.69 Å². The van der Waals surface area contributed by atoms with Gasteiger partial charge in [-0.25, -0.2) is 9.78 Å². The number of nitrogens with one attached hydrogen (secondary N) is 1. The lowest BCUT2D eigenvalue weighted by Crippen LogP contribution is -2.19. The number of amides is 1. The van der Waals surface area contributed by atoms with E-state index in [0.29, 0.717) is 5.69 Å². The standard InChI is InChI=1S/C14H15N3O3/c1-9(2)17-8-4-6-11(17)13(18)16-10-5-3-7-15-12(10)14(19)20/h3-9H,1-2H3,(H,16,18)(H,19,20). The first-order valence-electron chi connectivity index (χ1n) is 6.17. The van der Waals surface area contributed by atoms with E-state index in [0.717, 1.165) is 0 Å². The normalized spacial score (nSPS) is 10.6. The topological polar surface area (TPSA) is 84.2 Å². The molecule has 2 N–H and O–H groups in total. The maximum absolute atomic E-state index is 12.2. The molecule has 104 valence electrons. The molecule has 6 heteroatoms. The predicted molar refractivity (Wildman–Crippen MR) is 74.0 cm³/mol. The Balaban J connectivity index is 2.29. The van der Waals surface area contributed by atoms with E-state index < -0.39 is 5.97 Å². The number of hydrogen-bond donors (Lipinski definition) is 2. The average Bonchev–Trinajstić information content (AvgIpc) is 2.88. The number of carboxylic acid groups (broad SMARTS) is 1. The Morgan fingerprint density at radius 2 is 2.05 bits per heavy atom. The van der Waals surface area contributed by atoms with Crippen molar-refractivity contribution < 1.29 is 14.7 Å². The van der Waals surface area contributed by atoms with E-state index in [1.54, 1.807) is 24.4 Å². The van der Waals surface area contributed by atoms with Gasteiger partial charge in [-0.1, -0.05) is 0 Å². The van der Waals surface area contributed by atoms with Gasteiger partial charge < -0.3 is 15.0 Å². The Labute approximate surface area is 116 Å². The highest BCUT2D eigenvalue weighted by molar-refractivity contribution is 6.06. The van der Waals surface area contributed by atoms with Gasteiger partial charge in [0.25, 0.3) is 5.91 Å². The van der Waals surface area contributed by atoms with Gasteiger partial charge in [-0.05, 0) is 38.1 Å². The third-order valence-corrected chi connectivity index (χ3v) is 2.83. The molecule has 0 radical (unpaired) electrons. The van der Waals surface area contributed by atoms with E-state index in [1.807, 2.05) is 18.4 Å². The van der Waals surface area contributed by atoms with Crippen molar-refractivity contribution in [1.82, 2.24) is 9.55 Å². The third kappa shape index (κ3) is 2.69. The van der Waals surface area contributed by atoms with Crippen LogP contribution in [0.15, 0.2) is 36.7 Å². The van der Waals surface area contributed by atoms with Crippen LogP contribution in [0.1, 0.15) is 40.9 Å². The average molecular weight is 273 g/mol. The van der Waals surface area contributed by atoms with Crippen molar-refractivity contribution >= 4 is 17.6 Å². The molecule has 1 amide bonds. The Morgan fingerprint density at radius 1 is 1.30 bits per heavy atom. The highest BCUT2D eigenvalue weighted by Crippen LogP contribution is 2.16. The highest BCUT2D eigenvalue weighted by Gasteiger charge is 2.17. The van der Waals surface area contributed by atoms with Crippen LogP contribution in [-0.2, 0) is 0 Å².